The van der Waals surface area contributed by atoms with Gasteiger partial charge >= 0.3 is 18.2 Å². The van der Waals surface area contributed by atoms with Gasteiger partial charge in [-0.2, -0.15) is 17.6 Å². The molecule has 4 aromatic carbocycles. The van der Waals surface area contributed by atoms with Crippen molar-refractivity contribution in [1.82, 2.24) is 0 Å². The van der Waals surface area contributed by atoms with Gasteiger partial charge in [0.25, 0.3) is 13.0 Å². The lowest BCUT2D eigenvalue weighted by Crippen LogP contribution is -2.33. The Morgan fingerprint density at radius 1 is 0.489 bits per heavy atom. The lowest BCUT2D eigenvalue weighted by molar-refractivity contribution is 0.0574. The van der Waals surface area contributed by atoms with Crippen molar-refractivity contribution >= 4 is 44.0 Å². The Kier molecular flexibility index (Phi) is 13.3. The van der Waals surface area contributed by atoms with Gasteiger partial charge in [0.1, 0.15) is 0 Å². The fourth-order valence-electron chi connectivity index (χ4n) is 4.14. The van der Waals surface area contributed by atoms with E-state index < -0.39 is 64.2 Å². The third kappa shape index (κ3) is 8.75. The quantitative estimate of drug-likeness (QED) is 0.0737. The van der Waals surface area contributed by atoms with Gasteiger partial charge in [-0.05, 0) is 52.8 Å². The second kappa shape index (κ2) is 16.6. The Bertz CT molecular complexity index is 1490. The Balaban J connectivity index is 1.78. The minimum Gasteiger partial charge on any atom is -0.320 e. The highest BCUT2D eigenvalue weighted by atomic mass is 32.5. The molecule has 4 rings (SSSR count). The van der Waals surface area contributed by atoms with Crippen molar-refractivity contribution in [2.75, 3.05) is 6.61 Å². The van der Waals surface area contributed by atoms with E-state index >= 15 is 17.6 Å². The van der Waals surface area contributed by atoms with Crippen LogP contribution in [0.4, 0.5) is 17.6 Å². The second-order valence-electron chi connectivity index (χ2n) is 10.0. The zero-order valence-electron chi connectivity index (χ0n) is 25.2. The summed E-state index contributed by atoms with van der Waals surface area (Å²) in [5.74, 6) is 0. The van der Waals surface area contributed by atoms with Crippen LogP contribution in [0.2, 0.25) is 0 Å². The van der Waals surface area contributed by atoms with E-state index in [0.29, 0.717) is 22.3 Å². The first-order valence-electron chi connectivity index (χ1n) is 14.3. The van der Waals surface area contributed by atoms with Crippen molar-refractivity contribution in [3.8, 4) is 0 Å². The first kappa shape index (κ1) is 37.7. The maximum atomic E-state index is 17.0. The molecule has 0 aliphatic rings. The highest BCUT2D eigenvalue weighted by Crippen LogP contribution is 2.90. The highest BCUT2D eigenvalue weighted by molar-refractivity contribution is 8.16. The van der Waals surface area contributed by atoms with Crippen LogP contribution >= 0.6 is 20.4 Å². The zero-order chi connectivity index (χ0) is 34.0. The Morgan fingerprint density at radius 2 is 0.723 bits per heavy atom. The SMILES string of the molecule is CCOP(=O)(C(F)(F)P(=S)(OCc1ccccc1)OCc1ccccc1)C(F)(F)P(=S)(OCc1ccccc1)OCc1ccccc1. The molecule has 0 aromatic heterocycles. The van der Waals surface area contributed by atoms with Gasteiger partial charge in [0.05, 0.1) is 33.0 Å². The molecular weight excluding hydrogens is 713 g/mol. The lowest BCUT2D eigenvalue weighted by Gasteiger charge is -2.40. The van der Waals surface area contributed by atoms with Gasteiger partial charge in [0.2, 0.25) is 0 Å². The molecule has 0 spiro atoms. The van der Waals surface area contributed by atoms with Gasteiger partial charge in [-0.1, -0.05) is 121 Å². The van der Waals surface area contributed by atoms with Crippen LogP contribution in [0.25, 0.3) is 0 Å². The molecule has 0 heterocycles. The molecule has 47 heavy (non-hydrogen) atoms. The van der Waals surface area contributed by atoms with E-state index in [1.807, 2.05) is 0 Å². The third-order valence-electron chi connectivity index (χ3n) is 6.65. The minimum atomic E-state index is -6.63. The summed E-state index contributed by atoms with van der Waals surface area (Å²) in [5.41, 5.74) is 1.62. The molecule has 0 aliphatic carbocycles. The van der Waals surface area contributed by atoms with Gasteiger partial charge in [0.15, 0.2) is 0 Å². The first-order chi connectivity index (χ1) is 22.4. The van der Waals surface area contributed by atoms with Gasteiger partial charge in [-0.3, -0.25) is 4.57 Å². The molecule has 0 fully saturated rings. The van der Waals surface area contributed by atoms with Gasteiger partial charge in [0, 0.05) is 0 Å². The summed E-state index contributed by atoms with van der Waals surface area (Å²) in [7, 11) is -6.63. The number of hydrogen-bond donors (Lipinski definition) is 0. The summed E-state index contributed by atoms with van der Waals surface area (Å²) in [6.45, 7) is -12.3. The first-order valence-corrected chi connectivity index (χ1v) is 21.2. The Hall–Kier alpha value is -2.07. The predicted molar refractivity (Wildman–Crippen MR) is 183 cm³/mol. The Labute approximate surface area is 282 Å². The van der Waals surface area contributed by atoms with Crippen LogP contribution in [-0.2, 0) is 77.2 Å². The molecule has 0 N–H and O–H groups in total. The molecule has 4 aromatic rings. The monoisotopic (exact) mass is 746 g/mol. The normalized spacial score (nSPS) is 13.0. The number of hydrogen-bond acceptors (Lipinski definition) is 8. The van der Waals surface area contributed by atoms with Crippen molar-refractivity contribution in [3.63, 3.8) is 0 Å². The average molecular weight is 747 g/mol. The summed E-state index contributed by atoms with van der Waals surface area (Å²) in [6, 6.07) is 32.4. The summed E-state index contributed by atoms with van der Waals surface area (Å²) in [4.78, 5) is 0. The van der Waals surface area contributed by atoms with E-state index in [1.165, 1.54) is 0 Å². The Morgan fingerprint density at radius 3 is 0.936 bits per heavy atom. The maximum absolute atomic E-state index is 17.0. The van der Waals surface area contributed by atoms with E-state index in [4.69, 9.17) is 46.2 Å². The topological polar surface area (TPSA) is 63.2 Å². The summed E-state index contributed by atoms with van der Waals surface area (Å²) in [5, 5.41) is -10.1. The van der Waals surface area contributed by atoms with Crippen molar-refractivity contribution in [1.29, 1.82) is 0 Å². The molecule has 0 unspecified atom stereocenters. The molecule has 0 atom stereocenters. The van der Waals surface area contributed by atoms with Crippen LogP contribution in [0.15, 0.2) is 121 Å². The largest absolute Gasteiger partial charge is 0.399 e. The second-order valence-corrected chi connectivity index (χ2v) is 20.2. The molecule has 0 aliphatic heterocycles. The van der Waals surface area contributed by atoms with Crippen LogP contribution in [0.5, 0.6) is 0 Å². The fourth-order valence-corrected chi connectivity index (χ4v) is 14.4. The summed E-state index contributed by atoms with van der Waals surface area (Å²) in [6.07, 6.45) is 0. The molecule has 0 radical (unpaired) electrons. The average Bonchev–Trinajstić information content (AvgIpc) is 3.09. The molecule has 15 heteroatoms. The third-order valence-corrected chi connectivity index (χ3v) is 18.5. The van der Waals surface area contributed by atoms with E-state index in [2.05, 4.69) is 0 Å². The fraction of sp³-hybridized carbons (Fsp3) is 0.250. The van der Waals surface area contributed by atoms with Crippen LogP contribution in [-0.4, -0.2) is 17.4 Å². The number of rotatable bonds is 18. The van der Waals surface area contributed by atoms with E-state index in [1.54, 1.807) is 121 Å². The number of alkyl halides is 4. The van der Waals surface area contributed by atoms with Crippen molar-refractivity contribution in [2.24, 2.45) is 0 Å². The van der Waals surface area contributed by atoms with E-state index in [9.17, 15) is 4.57 Å². The van der Waals surface area contributed by atoms with Crippen molar-refractivity contribution in [3.05, 3.63) is 144 Å². The van der Waals surface area contributed by atoms with Crippen LogP contribution in [0.3, 0.4) is 0 Å². The van der Waals surface area contributed by atoms with Crippen molar-refractivity contribution < 1.29 is 44.7 Å². The highest BCUT2D eigenvalue weighted by Gasteiger charge is 2.79. The summed E-state index contributed by atoms with van der Waals surface area (Å²) < 4.78 is 109. The minimum absolute atomic E-state index is 0.404. The smallest absolute Gasteiger partial charge is 0.320 e. The van der Waals surface area contributed by atoms with Crippen molar-refractivity contribution in [2.45, 2.75) is 44.2 Å². The molecule has 6 nitrogen and oxygen atoms in total. The van der Waals surface area contributed by atoms with E-state index in [-0.39, 0.29) is 0 Å². The van der Waals surface area contributed by atoms with Gasteiger partial charge in [-0.25, -0.2) is 0 Å². The van der Waals surface area contributed by atoms with Crippen LogP contribution < -0.4 is 0 Å². The number of halogens is 4. The van der Waals surface area contributed by atoms with E-state index in [0.717, 1.165) is 6.92 Å². The predicted octanol–water partition coefficient (Wildman–Crippen LogP) is 10.9. The lowest BCUT2D eigenvalue weighted by atomic mass is 10.2. The molecule has 0 saturated carbocycles. The molecule has 0 bridgehead atoms. The maximum Gasteiger partial charge on any atom is 0.399 e. The zero-order valence-corrected chi connectivity index (χ0v) is 29.5. The van der Waals surface area contributed by atoms with Gasteiger partial charge < -0.3 is 22.6 Å². The van der Waals surface area contributed by atoms with Gasteiger partial charge in [-0.15, -0.1) is 0 Å². The standard InChI is InChI=1S/C32H33F4O6P3S2/c1-2-38-43(37,31(33,34)44(46,39-23-27-15-7-3-8-16-27)40-24-28-17-9-4-10-18-28)32(35,36)45(47,41-25-29-19-11-5-12-20-29)42-26-30-21-13-6-14-22-30/h3-22H,2,23-26H2,1H3. The summed E-state index contributed by atoms with van der Waals surface area (Å²) >= 11 is 10.6. The van der Waals surface area contributed by atoms with Crippen LogP contribution in [0.1, 0.15) is 29.2 Å². The molecule has 252 valence electrons. The molecule has 0 saturated heterocycles. The molecular formula is C32H33F4O6P3S2. The molecule has 0 amide bonds. The van der Waals surface area contributed by atoms with Crippen LogP contribution in [0, 0.1) is 0 Å². The number of benzene rings is 4.